The van der Waals surface area contributed by atoms with Crippen LogP contribution < -0.4 is 4.74 Å². The zero-order valence-corrected chi connectivity index (χ0v) is 12.2. The maximum absolute atomic E-state index is 11.2. The fraction of sp³-hybridized carbons (Fsp3) is 0.125. The second-order valence-corrected chi connectivity index (χ2v) is 4.38. The number of carbonyl (C=O) groups is 1. The molecule has 0 saturated carbocycles. The van der Waals surface area contributed by atoms with Crippen molar-refractivity contribution in [3.8, 4) is 11.5 Å². The van der Waals surface area contributed by atoms with E-state index in [2.05, 4.69) is 27.1 Å². The molecule has 0 radical (unpaired) electrons. The summed E-state index contributed by atoms with van der Waals surface area (Å²) < 4.78 is 10.3. The number of aliphatic imine (C=N–C) groups is 1. The molecule has 0 bridgehead atoms. The Morgan fingerprint density at radius 2 is 1.95 bits per heavy atom. The SMILES string of the molecule is COC(=O)Cc1ccc(Oc2cccc(N=C=S)c2)cc1. The van der Waals surface area contributed by atoms with Crippen molar-refractivity contribution in [3.05, 3.63) is 54.1 Å². The van der Waals surface area contributed by atoms with E-state index in [0.29, 0.717) is 17.2 Å². The molecular weight excluding hydrogens is 286 g/mol. The predicted octanol–water partition coefficient (Wildman–Crippen LogP) is 3.93. The second kappa shape index (κ2) is 7.33. The summed E-state index contributed by atoms with van der Waals surface area (Å²) in [5.74, 6) is 1.06. The molecule has 0 N–H and O–H groups in total. The van der Waals surface area contributed by atoms with Gasteiger partial charge in [-0.15, -0.1) is 0 Å². The Morgan fingerprint density at radius 1 is 1.19 bits per heavy atom. The number of nitrogens with zero attached hydrogens (tertiary/aromatic N) is 1. The number of thiocarbonyl (C=S) groups is 1. The van der Waals surface area contributed by atoms with Gasteiger partial charge in [-0.3, -0.25) is 4.79 Å². The third-order valence-corrected chi connectivity index (χ3v) is 2.82. The summed E-state index contributed by atoms with van der Waals surface area (Å²) in [6.45, 7) is 0. The summed E-state index contributed by atoms with van der Waals surface area (Å²) in [4.78, 5) is 15.1. The first-order valence-electron chi connectivity index (χ1n) is 6.23. The van der Waals surface area contributed by atoms with Crippen LogP contribution in [0.5, 0.6) is 11.5 Å². The van der Waals surface area contributed by atoms with Crippen molar-refractivity contribution in [2.45, 2.75) is 6.42 Å². The lowest BCUT2D eigenvalue weighted by Gasteiger charge is -2.07. The van der Waals surface area contributed by atoms with Gasteiger partial charge in [-0.2, -0.15) is 4.99 Å². The standard InChI is InChI=1S/C16H13NO3S/c1-19-16(18)9-12-5-7-14(8-6-12)20-15-4-2-3-13(10-15)17-11-21/h2-8,10H,9H2,1H3. The zero-order chi connectivity index (χ0) is 15.1. The van der Waals surface area contributed by atoms with Crippen LogP contribution >= 0.6 is 12.2 Å². The molecule has 0 aromatic heterocycles. The van der Waals surface area contributed by atoms with E-state index in [-0.39, 0.29) is 12.4 Å². The van der Waals surface area contributed by atoms with E-state index in [1.807, 2.05) is 30.3 Å². The Labute approximate surface area is 128 Å². The second-order valence-electron chi connectivity index (χ2n) is 4.20. The molecule has 0 saturated heterocycles. The van der Waals surface area contributed by atoms with E-state index in [0.717, 1.165) is 5.56 Å². The molecule has 0 atom stereocenters. The Bertz CT molecular complexity index is 676. The number of esters is 1. The number of isothiocyanates is 1. The van der Waals surface area contributed by atoms with Crippen LogP contribution in [-0.2, 0) is 16.0 Å². The molecule has 106 valence electrons. The smallest absolute Gasteiger partial charge is 0.309 e. The van der Waals surface area contributed by atoms with Crippen LogP contribution in [0.15, 0.2) is 53.5 Å². The van der Waals surface area contributed by atoms with Crippen LogP contribution in [0.2, 0.25) is 0 Å². The van der Waals surface area contributed by atoms with Crippen LogP contribution in [-0.4, -0.2) is 18.2 Å². The third kappa shape index (κ3) is 4.53. The third-order valence-electron chi connectivity index (χ3n) is 2.73. The van der Waals surface area contributed by atoms with Crippen LogP contribution in [0.3, 0.4) is 0 Å². The maximum atomic E-state index is 11.2. The fourth-order valence-electron chi connectivity index (χ4n) is 1.72. The van der Waals surface area contributed by atoms with E-state index in [4.69, 9.17) is 4.74 Å². The first kappa shape index (κ1) is 14.9. The van der Waals surface area contributed by atoms with E-state index in [1.165, 1.54) is 7.11 Å². The molecule has 2 rings (SSSR count). The van der Waals surface area contributed by atoms with Gasteiger partial charge < -0.3 is 9.47 Å². The molecule has 4 nitrogen and oxygen atoms in total. The lowest BCUT2D eigenvalue weighted by atomic mass is 10.1. The molecule has 0 amide bonds. The number of ether oxygens (including phenoxy) is 2. The van der Waals surface area contributed by atoms with Gasteiger partial charge in [0.2, 0.25) is 0 Å². The van der Waals surface area contributed by atoms with E-state index in [9.17, 15) is 4.79 Å². The minimum Gasteiger partial charge on any atom is -0.469 e. The highest BCUT2D eigenvalue weighted by Gasteiger charge is 2.03. The molecular formula is C16H13NO3S. The summed E-state index contributed by atoms with van der Waals surface area (Å²) in [5, 5.41) is 2.32. The largest absolute Gasteiger partial charge is 0.469 e. The average Bonchev–Trinajstić information content (AvgIpc) is 2.50. The maximum Gasteiger partial charge on any atom is 0.309 e. The Kier molecular flexibility index (Phi) is 5.21. The van der Waals surface area contributed by atoms with Gasteiger partial charge in [-0.1, -0.05) is 18.2 Å². The van der Waals surface area contributed by atoms with Crippen LogP contribution in [0.25, 0.3) is 0 Å². The van der Waals surface area contributed by atoms with E-state index >= 15 is 0 Å². The predicted molar refractivity (Wildman–Crippen MR) is 83.4 cm³/mol. The topological polar surface area (TPSA) is 47.9 Å². The van der Waals surface area contributed by atoms with Gasteiger partial charge in [0.05, 0.1) is 24.4 Å². The summed E-state index contributed by atoms with van der Waals surface area (Å²) in [6.07, 6.45) is 0.246. The fourth-order valence-corrected chi connectivity index (χ4v) is 1.82. The minimum absolute atomic E-state index is 0.246. The van der Waals surface area contributed by atoms with Crippen molar-refractivity contribution >= 4 is 29.0 Å². The Balaban J connectivity index is 2.08. The van der Waals surface area contributed by atoms with E-state index < -0.39 is 0 Å². The highest BCUT2D eigenvalue weighted by atomic mass is 32.1. The summed E-state index contributed by atoms with van der Waals surface area (Å²) in [6, 6.07) is 14.5. The van der Waals surface area contributed by atoms with Crippen molar-refractivity contribution in [2.24, 2.45) is 4.99 Å². The van der Waals surface area contributed by atoms with Crippen molar-refractivity contribution in [3.63, 3.8) is 0 Å². The molecule has 21 heavy (non-hydrogen) atoms. The molecule has 2 aromatic carbocycles. The van der Waals surface area contributed by atoms with Crippen LogP contribution in [0.4, 0.5) is 5.69 Å². The van der Waals surface area contributed by atoms with Gasteiger partial charge in [0.25, 0.3) is 0 Å². The first-order valence-corrected chi connectivity index (χ1v) is 6.63. The van der Waals surface area contributed by atoms with Crippen LogP contribution in [0.1, 0.15) is 5.56 Å². The number of methoxy groups -OCH3 is 1. The quantitative estimate of drug-likeness (QED) is 0.477. The number of rotatable bonds is 5. The first-order chi connectivity index (χ1) is 10.2. The van der Waals surface area contributed by atoms with E-state index in [1.54, 1.807) is 18.2 Å². The van der Waals surface area contributed by atoms with Crippen molar-refractivity contribution in [2.75, 3.05) is 7.11 Å². The van der Waals surface area contributed by atoms with Gasteiger partial charge in [0, 0.05) is 6.07 Å². The Morgan fingerprint density at radius 3 is 2.62 bits per heavy atom. The summed E-state index contributed by atoms with van der Waals surface area (Å²) >= 11 is 4.57. The summed E-state index contributed by atoms with van der Waals surface area (Å²) in [5.41, 5.74) is 1.55. The molecule has 5 heteroatoms. The number of hydrogen-bond acceptors (Lipinski definition) is 5. The number of hydrogen-bond donors (Lipinski definition) is 0. The molecule has 0 fully saturated rings. The lowest BCUT2D eigenvalue weighted by molar-refractivity contribution is -0.139. The molecule has 0 spiro atoms. The van der Waals surface area contributed by atoms with Gasteiger partial charge in [0.15, 0.2) is 0 Å². The van der Waals surface area contributed by atoms with Crippen molar-refractivity contribution in [1.29, 1.82) is 0 Å². The Hall–Kier alpha value is -2.49. The molecule has 2 aromatic rings. The minimum atomic E-state index is -0.269. The lowest BCUT2D eigenvalue weighted by Crippen LogP contribution is -2.04. The van der Waals surface area contributed by atoms with Gasteiger partial charge in [-0.25, -0.2) is 0 Å². The van der Waals surface area contributed by atoms with Gasteiger partial charge >= 0.3 is 5.97 Å². The average molecular weight is 299 g/mol. The number of carbonyl (C=O) groups excluding carboxylic acids is 1. The van der Waals surface area contributed by atoms with Gasteiger partial charge in [-0.05, 0) is 42.0 Å². The molecule has 0 aliphatic carbocycles. The van der Waals surface area contributed by atoms with Crippen LogP contribution in [0, 0.1) is 0 Å². The summed E-state index contributed by atoms with van der Waals surface area (Å²) in [7, 11) is 1.37. The molecule has 0 heterocycles. The molecule has 0 unspecified atom stereocenters. The van der Waals surface area contributed by atoms with Crippen molar-refractivity contribution < 1.29 is 14.3 Å². The monoisotopic (exact) mass is 299 g/mol. The molecule has 0 aliphatic rings. The highest BCUT2D eigenvalue weighted by Crippen LogP contribution is 2.25. The normalized spacial score (nSPS) is 9.57. The highest BCUT2D eigenvalue weighted by molar-refractivity contribution is 7.78. The molecule has 0 aliphatic heterocycles. The zero-order valence-electron chi connectivity index (χ0n) is 11.4. The van der Waals surface area contributed by atoms with Crippen molar-refractivity contribution in [1.82, 2.24) is 0 Å². The number of benzene rings is 2. The van der Waals surface area contributed by atoms with Gasteiger partial charge in [0.1, 0.15) is 11.5 Å².